The van der Waals surface area contributed by atoms with Gasteiger partial charge in [-0.25, -0.2) is 8.78 Å². The van der Waals surface area contributed by atoms with Gasteiger partial charge >= 0.3 is 0 Å². The fraction of sp³-hybridized carbons (Fsp3) is 0.562. The number of hydrogen-bond acceptors (Lipinski definition) is 2. The molecule has 3 rings (SSSR count). The summed E-state index contributed by atoms with van der Waals surface area (Å²) in [6.07, 6.45) is 3.89. The maximum Gasteiger partial charge on any atom is 0.223 e. The Morgan fingerprint density at radius 3 is 2.48 bits per heavy atom. The van der Waals surface area contributed by atoms with E-state index in [0.717, 1.165) is 44.3 Å². The summed E-state index contributed by atoms with van der Waals surface area (Å²) >= 11 is 0. The van der Waals surface area contributed by atoms with Gasteiger partial charge in [0.2, 0.25) is 5.91 Å². The van der Waals surface area contributed by atoms with Crippen LogP contribution in [0.5, 0.6) is 0 Å². The molecular weight excluding hydrogens is 274 g/mol. The van der Waals surface area contributed by atoms with Crippen molar-refractivity contribution in [3.8, 4) is 0 Å². The molecule has 1 aliphatic heterocycles. The van der Waals surface area contributed by atoms with Crippen molar-refractivity contribution in [2.45, 2.75) is 38.3 Å². The van der Waals surface area contributed by atoms with Crippen molar-refractivity contribution in [2.24, 2.45) is 5.92 Å². The van der Waals surface area contributed by atoms with Gasteiger partial charge in [-0.1, -0.05) is 6.07 Å². The minimum absolute atomic E-state index is 0.203. The van der Waals surface area contributed by atoms with Crippen LogP contribution in [0.25, 0.3) is 0 Å². The molecule has 1 saturated heterocycles. The number of likely N-dealkylation sites (tertiary alicyclic amines) is 1. The number of rotatable bonds is 4. The van der Waals surface area contributed by atoms with E-state index in [1.807, 2.05) is 0 Å². The zero-order valence-electron chi connectivity index (χ0n) is 11.9. The minimum atomic E-state index is -0.805. The molecule has 114 valence electrons. The van der Waals surface area contributed by atoms with E-state index in [1.165, 1.54) is 12.1 Å². The summed E-state index contributed by atoms with van der Waals surface area (Å²) in [6, 6.07) is 4.32. The maximum atomic E-state index is 13.2. The number of amides is 1. The first-order valence-electron chi connectivity index (χ1n) is 7.58. The standard InChI is InChI=1S/C16H20F2N2O/c17-14-4-1-11(9-15(14)18)10-20-7-5-13(6-8-20)19-16(21)12-2-3-12/h1,4,9,12-13H,2-3,5-8,10H2,(H,19,21). The highest BCUT2D eigenvalue weighted by molar-refractivity contribution is 5.81. The van der Waals surface area contributed by atoms with Crippen molar-refractivity contribution in [3.05, 3.63) is 35.4 Å². The molecule has 2 fully saturated rings. The molecule has 1 N–H and O–H groups in total. The maximum absolute atomic E-state index is 13.2. The van der Waals surface area contributed by atoms with E-state index in [2.05, 4.69) is 10.2 Å². The van der Waals surface area contributed by atoms with Gasteiger partial charge in [0.1, 0.15) is 0 Å². The fourth-order valence-electron chi connectivity index (χ4n) is 2.80. The van der Waals surface area contributed by atoms with Crippen molar-refractivity contribution in [2.75, 3.05) is 13.1 Å². The number of nitrogens with one attached hydrogen (secondary N) is 1. The molecule has 0 radical (unpaired) electrons. The van der Waals surface area contributed by atoms with Crippen LogP contribution in [0.15, 0.2) is 18.2 Å². The van der Waals surface area contributed by atoms with Crippen LogP contribution >= 0.6 is 0 Å². The van der Waals surface area contributed by atoms with Crippen LogP contribution in [0, 0.1) is 17.6 Å². The number of halogens is 2. The summed E-state index contributed by atoms with van der Waals surface area (Å²) in [5, 5.41) is 3.11. The lowest BCUT2D eigenvalue weighted by atomic mass is 10.0. The molecule has 0 atom stereocenters. The molecule has 1 saturated carbocycles. The predicted octanol–water partition coefficient (Wildman–Crippen LogP) is 2.46. The molecule has 0 spiro atoms. The van der Waals surface area contributed by atoms with Gasteiger partial charge in [0.15, 0.2) is 11.6 Å². The Kier molecular flexibility index (Phi) is 4.19. The first kappa shape index (κ1) is 14.4. The average Bonchev–Trinajstić information content (AvgIpc) is 3.30. The zero-order chi connectivity index (χ0) is 14.8. The van der Waals surface area contributed by atoms with Gasteiger partial charge in [-0.2, -0.15) is 0 Å². The second-order valence-corrected chi connectivity index (χ2v) is 6.08. The Morgan fingerprint density at radius 2 is 1.86 bits per heavy atom. The van der Waals surface area contributed by atoms with E-state index in [1.54, 1.807) is 6.07 Å². The van der Waals surface area contributed by atoms with Gasteiger partial charge in [-0.15, -0.1) is 0 Å². The molecule has 2 aliphatic rings. The van der Waals surface area contributed by atoms with Crippen molar-refractivity contribution in [3.63, 3.8) is 0 Å². The third-order valence-corrected chi connectivity index (χ3v) is 4.27. The molecule has 0 bridgehead atoms. The summed E-state index contributed by atoms with van der Waals surface area (Å²) in [4.78, 5) is 13.9. The van der Waals surface area contributed by atoms with Crippen molar-refractivity contribution < 1.29 is 13.6 Å². The van der Waals surface area contributed by atoms with Gasteiger partial charge in [-0.3, -0.25) is 9.69 Å². The molecule has 1 aromatic carbocycles. The van der Waals surface area contributed by atoms with Crippen LogP contribution in [0.4, 0.5) is 8.78 Å². The second kappa shape index (κ2) is 6.10. The third-order valence-electron chi connectivity index (χ3n) is 4.27. The number of carbonyl (C=O) groups is 1. The van der Waals surface area contributed by atoms with E-state index in [-0.39, 0.29) is 17.9 Å². The lowest BCUT2D eigenvalue weighted by molar-refractivity contribution is -0.123. The van der Waals surface area contributed by atoms with E-state index in [0.29, 0.717) is 6.54 Å². The zero-order valence-corrected chi connectivity index (χ0v) is 11.9. The van der Waals surface area contributed by atoms with Crippen LogP contribution in [0.3, 0.4) is 0 Å². The Labute approximate surface area is 123 Å². The monoisotopic (exact) mass is 294 g/mol. The van der Waals surface area contributed by atoms with E-state index in [4.69, 9.17) is 0 Å². The van der Waals surface area contributed by atoms with E-state index in [9.17, 15) is 13.6 Å². The molecule has 1 heterocycles. The molecule has 0 aromatic heterocycles. The van der Waals surface area contributed by atoms with Gasteiger partial charge < -0.3 is 5.32 Å². The number of piperidine rings is 1. The van der Waals surface area contributed by atoms with Crippen LogP contribution in [-0.4, -0.2) is 29.9 Å². The fourth-order valence-corrected chi connectivity index (χ4v) is 2.80. The quantitative estimate of drug-likeness (QED) is 0.925. The average molecular weight is 294 g/mol. The van der Waals surface area contributed by atoms with Crippen molar-refractivity contribution in [1.29, 1.82) is 0 Å². The van der Waals surface area contributed by atoms with Crippen LogP contribution in [0.2, 0.25) is 0 Å². The van der Waals surface area contributed by atoms with Crippen molar-refractivity contribution in [1.82, 2.24) is 10.2 Å². The van der Waals surface area contributed by atoms with E-state index < -0.39 is 11.6 Å². The van der Waals surface area contributed by atoms with Crippen LogP contribution in [0.1, 0.15) is 31.2 Å². The smallest absolute Gasteiger partial charge is 0.223 e. The molecule has 1 aromatic rings. The Balaban J connectivity index is 1.46. The summed E-state index contributed by atoms with van der Waals surface area (Å²) in [7, 11) is 0. The van der Waals surface area contributed by atoms with Gasteiger partial charge in [-0.05, 0) is 43.4 Å². The molecule has 5 heteroatoms. The molecule has 21 heavy (non-hydrogen) atoms. The molecular formula is C16H20F2N2O. The first-order chi connectivity index (χ1) is 10.1. The lowest BCUT2D eigenvalue weighted by Crippen LogP contribution is -2.44. The summed E-state index contributed by atoms with van der Waals surface area (Å²) in [5.74, 6) is -1.14. The van der Waals surface area contributed by atoms with E-state index >= 15 is 0 Å². The number of carbonyl (C=O) groups excluding carboxylic acids is 1. The predicted molar refractivity (Wildman–Crippen MR) is 75.5 cm³/mol. The third kappa shape index (κ3) is 3.79. The van der Waals surface area contributed by atoms with Crippen molar-refractivity contribution >= 4 is 5.91 Å². The lowest BCUT2D eigenvalue weighted by Gasteiger charge is -2.32. The SMILES string of the molecule is O=C(NC1CCN(Cc2ccc(F)c(F)c2)CC1)C1CC1. The Hall–Kier alpha value is -1.49. The highest BCUT2D eigenvalue weighted by atomic mass is 19.2. The molecule has 0 unspecified atom stereocenters. The normalized spacial score (nSPS) is 20.5. The number of nitrogens with zero attached hydrogens (tertiary/aromatic N) is 1. The van der Waals surface area contributed by atoms with Gasteiger partial charge in [0.25, 0.3) is 0 Å². The summed E-state index contributed by atoms with van der Waals surface area (Å²) in [5.41, 5.74) is 0.786. The number of hydrogen-bond donors (Lipinski definition) is 1. The summed E-state index contributed by atoms with van der Waals surface area (Å²) < 4.78 is 26.1. The first-order valence-corrected chi connectivity index (χ1v) is 7.58. The molecule has 1 amide bonds. The minimum Gasteiger partial charge on any atom is -0.353 e. The number of benzene rings is 1. The largest absolute Gasteiger partial charge is 0.353 e. The summed E-state index contributed by atoms with van der Waals surface area (Å²) in [6.45, 7) is 2.36. The highest BCUT2D eigenvalue weighted by Crippen LogP contribution is 2.29. The van der Waals surface area contributed by atoms with Gasteiger partial charge in [0, 0.05) is 31.6 Å². The van der Waals surface area contributed by atoms with Gasteiger partial charge in [0.05, 0.1) is 0 Å². The Morgan fingerprint density at radius 1 is 1.14 bits per heavy atom. The second-order valence-electron chi connectivity index (χ2n) is 6.08. The van der Waals surface area contributed by atoms with Crippen LogP contribution < -0.4 is 5.32 Å². The Bertz CT molecular complexity index is 523. The van der Waals surface area contributed by atoms with Crippen LogP contribution in [-0.2, 0) is 11.3 Å². The molecule has 1 aliphatic carbocycles. The highest BCUT2D eigenvalue weighted by Gasteiger charge is 2.31. The molecule has 3 nitrogen and oxygen atoms in total. The topological polar surface area (TPSA) is 32.3 Å².